The van der Waals surface area contributed by atoms with Crippen LogP contribution in [0.1, 0.15) is 26.2 Å². The van der Waals surface area contributed by atoms with Gasteiger partial charge in [-0.2, -0.15) is 0 Å². The second kappa shape index (κ2) is 7.24. The summed E-state index contributed by atoms with van der Waals surface area (Å²) in [5, 5.41) is 11.1. The van der Waals surface area contributed by atoms with Crippen LogP contribution in [-0.4, -0.2) is 42.5 Å². The Bertz CT molecular complexity index is 442. The van der Waals surface area contributed by atoms with Gasteiger partial charge in [-0.05, 0) is 19.0 Å². The maximum absolute atomic E-state index is 11.1. The van der Waals surface area contributed by atoms with Crippen LogP contribution in [0.15, 0.2) is 24.3 Å². The summed E-state index contributed by atoms with van der Waals surface area (Å²) < 4.78 is 0. The van der Waals surface area contributed by atoms with Crippen LogP contribution in [0.3, 0.4) is 0 Å². The standard InChI is InChI=1S/C15H23N3O2/c1-2-3-6-9-16-10-12-17(13-11-16)14-7-4-5-8-15(14)18(19)20/h4-5,7-8H,2-3,6,9-13H2,1H3. The lowest BCUT2D eigenvalue weighted by Crippen LogP contribution is -2.46. The first-order valence-electron chi connectivity index (χ1n) is 7.43. The highest BCUT2D eigenvalue weighted by atomic mass is 16.6. The van der Waals surface area contributed by atoms with Crippen LogP contribution < -0.4 is 4.90 Å². The first kappa shape index (κ1) is 14.8. The number of hydrogen-bond acceptors (Lipinski definition) is 4. The number of hydrogen-bond donors (Lipinski definition) is 0. The molecule has 1 aliphatic rings. The van der Waals surface area contributed by atoms with E-state index in [0.29, 0.717) is 0 Å². The van der Waals surface area contributed by atoms with E-state index in [1.165, 1.54) is 19.3 Å². The highest BCUT2D eigenvalue weighted by molar-refractivity contribution is 5.63. The first-order valence-corrected chi connectivity index (χ1v) is 7.43. The van der Waals surface area contributed by atoms with E-state index < -0.39 is 0 Å². The predicted molar refractivity (Wildman–Crippen MR) is 81.3 cm³/mol. The Morgan fingerprint density at radius 2 is 1.85 bits per heavy atom. The SMILES string of the molecule is CCCCCN1CCN(c2ccccc2[N+](=O)[O-])CC1. The van der Waals surface area contributed by atoms with Crippen LogP contribution in [0.5, 0.6) is 0 Å². The summed E-state index contributed by atoms with van der Waals surface area (Å²) in [5.74, 6) is 0. The van der Waals surface area contributed by atoms with E-state index in [9.17, 15) is 10.1 Å². The van der Waals surface area contributed by atoms with Crippen molar-refractivity contribution in [2.24, 2.45) is 0 Å². The van der Waals surface area contributed by atoms with Crippen molar-refractivity contribution in [2.75, 3.05) is 37.6 Å². The van der Waals surface area contributed by atoms with Crippen LogP contribution in [0.2, 0.25) is 0 Å². The minimum atomic E-state index is -0.289. The molecular weight excluding hydrogens is 254 g/mol. The molecule has 2 rings (SSSR count). The van der Waals surface area contributed by atoms with Crippen LogP contribution >= 0.6 is 0 Å². The van der Waals surface area contributed by atoms with E-state index >= 15 is 0 Å². The molecule has 0 N–H and O–H groups in total. The molecule has 0 amide bonds. The van der Waals surface area contributed by atoms with Crippen molar-refractivity contribution in [2.45, 2.75) is 26.2 Å². The van der Waals surface area contributed by atoms with Crippen molar-refractivity contribution < 1.29 is 4.92 Å². The summed E-state index contributed by atoms with van der Waals surface area (Å²) in [6, 6.07) is 7.03. The lowest BCUT2D eigenvalue weighted by Gasteiger charge is -2.35. The molecule has 1 heterocycles. The minimum Gasteiger partial charge on any atom is -0.363 e. The Hall–Kier alpha value is -1.62. The van der Waals surface area contributed by atoms with Gasteiger partial charge in [-0.25, -0.2) is 0 Å². The summed E-state index contributed by atoms with van der Waals surface area (Å²) in [5.41, 5.74) is 0.970. The zero-order valence-corrected chi connectivity index (χ0v) is 12.1. The fourth-order valence-corrected chi connectivity index (χ4v) is 2.68. The molecule has 0 aromatic heterocycles. The number of nitro groups is 1. The molecule has 1 aromatic carbocycles. The van der Waals surface area contributed by atoms with Gasteiger partial charge in [0.05, 0.1) is 4.92 Å². The third kappa shape index (κ3) is 3.70. The van der Waals surface area contributed by atoms with Gasteiger partial charge in [0.1, 0.15) is 5.69 Å². The van der Waals surface area contributed by atoms with Crippen molar-refractivity contribution in [1.82, 2.24) is 4.90 Å². The summed E-state index contributed by atoms with van der Waals surface area (Å²) in [4.78, 5) is 15.4. The predicted octanol–water partition coefficient (Wildman–Crippen LogP) is 2.91. The number of benzene rings is 1. The van der Waals surface area contributed by atoms with Crippen LogP contribution in [-0.2, 0) is 0 Å². The maximum atomic E-state index is 11.1. The smallest absolute Gasteiger partial charge is 0.292 e. The molecule has 0 unspecified atom stereocenters. The van der Waals surface area contributed by atoms with E-state index in [1.54, 1.807) is 12.1 Å². The average molecular weight is 277 g/mol. The Morgan fingerprint density at radius 3 is 2.50 bits per heavy atom. The van der Waals surface area contributed by atoms with Gasteiger partial charge < -0.3 is 4.90 Å². The maximum Gasteiger partial charge on any atom is 0.292 e. The Balaban J connectivity index is 1.92. The minimum absolute atomic E-state index is 0.215. The molecule has 0 bridgehead atoms. The van der Waals surface area contributed by atoms with Gasteiger partial charge in [0.25, 0.3) is 5.69 Å². The summed E-state index contributed by atoms with van der Waals surface area (Å²) in [7, 11) is 0. The largest absolute Gasteiger partial charge is 0.363 e. The number of unbranched alkanes of at least 4 members (excludes halogenated alkanes) is 2. The van der Waals surface area contributed by atoms with Gasteiger partial charge in [0, 0.05) is 32.2 Å². The van der Waals surface area contributed by atoms with E-state index in [0.717, 1.165) is 38.4 Å². The quantitative estimate of drug-likeness (QED) is 0.456. The van der Waals surface area contributed by atoms with Gasteiger partial charge in [0.2, 0.25) is 0 Å². The van der Waals surface area contributed by atoms with Crippen LogP contribution in [0.4, 0.5) is 11.4 Å². The van der Waals surface area contributed by atoms with Crippen molar-refractivity contribution in [3.8, 4) is 0 Å². The second-order valence-electron chi connectivity index (χ2n) is 5.28. The molecule has 0 aliphatic carbocycles. The van der Waals surface area contributed by atoms with Crippen LogP contribution in [0, 0.1) is 10.1 Å². The monoisotopic (exact) mass is 277 g/mol. The van der Waals surface area contributed by atoms with E-state index in [1.807, 2.05) is 12.1 Å². The Kier molecular flexibility index (Phi) is 5.35. The lowest BCUT2D eigenvalue weighted by molar-refractivity contribution is -0.384. The number of piperazine rings is 1. The van der Waals surface area contributed by atoms with E-state index in [-0.39, 0.29) is 10.6 Å². The van der Waals surface area contributed by atoms with Crippen LogP contribution in [0.25, 0.3) is 0 Å². The van der Waals surface area contributed by atoms with Crippen molar-refractivity contribution in [3.63, 3.8) is 0 Å². The molecule has 0 spiro atoms. The Morgan fingerprint density at radius 1 is 1.15 bits per heavy atom. The molecule has 1 fully saturated rings. The zero-order chi connectivity index (χ0) is 14.4. The highest BCUT2D eigenvalue weighted by Gasteiger charge is 2.22. The van der Waals surface area contributed by atoms with Crippen molar-refractivity contribution >= 4 is 11.4 Å². The normalized spacial score (nSPS) is 16.4. The van der Waals surface area contributed by atoms with Crippen molar-refractivity contribution in [3.05, 3.63) is 34.4 Å². The van der Waals surface area contributed by atoms with E-state index in [2.05, 4.69) is 16.7 Å². The molecule has 0 radical (unpaired) electrons. The molecule has 1 saturated heterocycles. The fourth-order valence-electron chi connectivity index (χ4n) is 2.68. The topological polar surface area (TPSA) is 49.6 Å². The van der Waals surface area contributed by atoms with E-state index in [4.69, 9.17) is 0 Å². The zero-order valence-electron chi connectivity index (χ0n) is 12.1. The number of rotatable bonds is 6. The van der Waals surface area contributed by atoms with Crippen molar-refractivity contribution in [1.29, 1.82) is 0 Å². The van der Waals surface area contributed by atoms with Gasteiger partial charge in [-0.15, -0.1) is 0 Å². The molecule has 1 aromatic rings. The van der Waals surface area contributed by atoms with Gasteiger partial charge in [-0.1, -0.05) is 31.9 Å². The summed E-state index contributed by atoms with van der Waals surface area (Å²) >= 11 is 0. The fraction of sp³-hybridized carbons (Fsp3) is 0.600. The second-order valence-corrected chi connectivity index (χ2v) is 5.28. The van der Waals surface area contributed by atoms with Gasteiger partial charge >= 0.3 is 0 Å². The number of nitro benzene ring substituents is 1. The van der Waals surface area contributed by atoms with Gasteiger partial charge in [-0.3, -0.25) is 15.0 Å². The molecule has 5 nitrogen and oxygen atoms in total. The third-order valence-corrected chi connectivity index (χ3v) is 3.87. The molecule has 20 heavy (non-hydrogen) atoms. The van der Waals surface area contributed by atoms with Gasteiger partial charge in [0.15, 0.2) is 0 Å². The lowest BCUT2D eigenvalue weighted by atomic mass is 10.2. The summed E-state index contributed by atoms with van der Waals surface area (Å²) in [6.45, 7) is 7.10. The molecule has 5 heteroatoms. The average Bonchev–Trinajstić information content (AvgIpc) is 2.48. The molecule has 110 valence electrons. The first-order chi connectivity index (χ1) is 9.72. The Labute approximate surface area is 120 Å². The number of anilines is 1. The molecular formula is C15H23N3O2. The number of para-hydroxylation sites is 2. The molecule has 0 atom stereocenters. The third-order valence-electron chi connectivity index (χ3n) is 3.87. The molecule has 1 aliphatic heterocycles. The number of nitrogens with zero attached hydrogens (tertiary/aromatic N) is 3. The summed E-state index contributed by atoms with van der Waals surface area (Å²) in [6.07, 6.45) is 3.78. The molecule has 0 saturated carbocycles. The highest BCUT2D eigenvalue weighted by Crippen LogP contribution is 2.28.